The second-order valence-corrected chi connectivity index (χ2v) is 9.79. The van der Waals surface area contributed by atoms with Gasteiger partial charge in [0.2, 0.25) is 11.9 Å². The average molecular weight is 529 g/mol. The molecule has 1 fully saturated rings. The molecular formula is C31H40N6O2. The van der Waals surface area contributed by atoms with Gasteiger partial charge in [-0.3, -0.25) is 0 Å². The minimum absolute atomic E-state index is 0.167. The SMILES string of the molecule is C=CCN(CC=C)c1ncnc(N2CCC(NCC(c3cc(OC)cc(OC)c3)c3ccccc3C)CC2)n1. The third kappa shape index (κ3) is 7.15. The number of benzene rings is 2. The lowest BCUT2D eigenvalue weighted by Gasteiger charge is -2.34. The van der Waals surface area contributed by atoms with E-state index in [1.54, 1.807) is 20.5 Å². The summed E-state index contributed by atoms with van der Waals surface area (Å²) in [5.74, 6) is 3.13. The van der Waals surface area contributed by atoms with Gasteiger partial charge in [0.25, 0.3) is 0 Å². The maximum absolute atomic E-state index is 5.58. The second kappa shape index (κ2) is 13.8. The molecule has 1 atom stereocenters. The van der Waals surface area contributed by atoms with Crippen LogP contribution in [0.4, 0.5) is 11.9 Å². The Hall–Kier alpha value is -3.91. The van der Waals surface area contributed by atoms with Crippen LogP contribution in [0.2, 0.25) is 0 Å². The lowest BCUT2D eigenvalue weighted by molar-refractivity contribution is 0.390. The third-order valence-corrected chi connectivity index (χ3v) is 7.26. The molecule has 3 aromatic rings. The number of hydrogen-bond donors (Lipinski definition) is 1. The van der Waals surface area contributed by atoms with Crippen LogP contribution < -0.4 is 24.6 Å². The average Bonchev–Trinajstić information content (AvgIpc) is 2.98. The van der Waals surface area contributed by atoms with Crippen LogP contribution in [0.15, 0.2) is 74.1 Å². The van der Waals surface area contributed by atoms with Crippen molar-refractivity contribution < 1.29 is 9.47 Å². The number of nitrogens with one attached hydrogen (secondary N) is 1. The first-order chi connectivity index (χ1) is 19.1. The summed E-state index contributed by atoms with van der Waals surface area (Å²) in [6, 6.07) is 15.1. The first kappa shape index (κ1) is 28.1. The Morgan fingerprint density at radius 3 is 2.31 bits per heavy atom. The Morgan fingerprint density at radius 2 is 1.69 bits per heavy atom. The minimum atomic E-state index is 0.167. The largest absolute Gasteiger partial charge is 0.497 e. The maximum Gasteiger partial charge on any atom is 0.230 e. The van der Waals surface area contributed by atoms with E-state index in [2.05, 4.69) is 76.7 Å². The van der Waals surface area contributed by atoms with E-state index in [0.29, 0.717) is 25.1 Å². The Bertz CT molecular complexity index is 1210. The molecule has 2 heterocycles. The van der Waals surface area contributed by atoms with Crippen molar-refractivity contribution in [3.05, 3.63) is 90.8 Å². The molecule has 0 bridgehead atoms. The molecule has 4 rings (SSSR count). The summed E-state index contributed by atoms with van der Waals surface area (Å²) in [5, 5.41) is 3.86. The molecule has 0 saturated carbocycles. The first-order valence-corrected chi connectivity index (χ1v) is 13.5. The monoisotopic (exact) mass is 528 g/mol. The van der Waals surface area contributed by atoms with E-state index < -0.39 is 0 Å². The molecule has 0 spiro atoms. The van der Waals surface area contributed by atoms with Crippen molar-refractivity contribution in [3.8, 4) is 11.5 Å². The predicted molar refractivity (Wildman–Crippen MR) is 158 cm³/mol. The van der Waals surface area contributed by atoms with Gasteiger partial charge < -0.3 is 24.6 Å². The third-order valence-electron chi connectivity index (χ3n) is 7.26. The van der Waals surface area contributed by atoms with Crippen LogP contribution >= 0.6 is 0 Å². The molecule has 39 heavy (non-hydrogen) atoms. The Morgan fingerprint density at radius 1 is 1.03 bits per heavy atom. The zero-order valence-electron chi connectivity index (χ0n) is 23.3. The minimum Gasteiger partial charge on any atom is -0.497 e. The highest BCUT2D eigenvalue weighted by molar-refractivity contribution is 5.45. The quantitative estimate of drug-likeness (QED) is 0.318. The highest BCUT2D eigenvalue weighted by Gasteiger charge is 2.24. The van der Waals surface area contributed by atoms with E-state index in [-0.39, 0.29) is 5.92 Å². The smallest absolute Gasteiger partial charge is 0.230 e. The van der Waals surface area contributed by atoms with Gasteiger partial charge in [0, 0.05) is 50.7 Å². The molecule has 0 aliphatic carbocycles. The molecule has 2 aromatic carbocycles. The van der Waals surface area contributed by atoms with Crippen molar-refractivity contribution >= 4 is 11.9 Å². The van der Waals surface area contributed by atoms with Crippen LogP contribution in [0, 0.1) is 6.92 Å². The van der Waals surface area contributed by atoms with E-state index in [4.69, 9.17) is 14.5 Å². The van der Waals surface area contributed by atoms with Crippen molar-refractivity contribution in [1.29, 1.82) is 0 Å². The number of methoxy groups -OCH3 is 2. The highest BCUT2D eigenvalue weighted by Crippen LogP contribution is 2.33. The van der Waals surface area contributed by atoms with Crippen LogP contribution in [0.5, 0.6) is 11.5 Å². The lowest BCUT2D eigenvalue weighted by atomic mass is 9.87. The molecule has 1 N–H and O–H groups in total. The first-order valence-electron chi connectivity index (χ1n) is 13.5. The van der Waals surface area contributed by atoms with E-state index in [9.17, 15) is 0 Å². The van der Waals surface area contributed by atoms with Gasteiger partial charge in [-0.25, -0.2) is 9.97 Å². The summed E-state index contributed by atoms with van der Waals surface area (Å²) >= 11 is 0. The lowest BCUT2D eigenvalue weighted by Crippen LogP contribution is -2.44. The Labute approximate surface area is 232 Å². The molecule has 8 nitrogen and oxygen atoms in total. The van der Waals surface area contributed by atoms with Gasteiger partial charge in [0.15, 0.2) is 0 Å². The number of piperidine rings is 1. The van der Waals surface area contributed by atoms with Crippen LogP contribution in [-0.2, 0) is 0 Å². The van der Waals surface area contributed by atoms with Crippen LogP contribution in [0.3, 0.4) is 0 Å². The zero-order valence-corrected chi connectivity index (χ0v) is 23.3. The van der Waals surface area contributed by atoms with E-state index in [0.717, 1.165) is 49.9 Å². The zero-order chi connectivity index (χ0) is 27.6. The van der Waals surface area contributed by atoms with Crippen molar-refractivity contribution in [3.63, 3.8) is 0 Å². The fourth-order valence-electron chi connectivity index (χ4n) is 5.12. The van der Waals surface area contributed by atoms with Gasteiger partial charge in [-0.15, -0.1) is 13.2 Å². The number of anilines is 2. The van der Waals surface area contributed by atoms with E-state index in [1.807, 2.05) is 23.1 Å². The van der Waals surface area contributed by atoms with Gasteiger partial charge in [-0.1, -0.05) is 36.4 Å². The predicted octanol–water partition coefficient (Wildman–Crippen LogP) is 4.77. The molecule has 1 aliphatic rings. The molecule has 0 amide bonds. The second-order valence-electron chi connectivity index (χ2n) is 9.79. The maximum atomic E-state index is 5.58. The molecule has 1 unspecified atom stereocenters. The summed E-state index contributed by atoms with van der Waals surface area (Å²) in [4.78, 5) is 17.9. The van der Waals surface area contributed by atoms with Gasteiger partial charge >= 0.3 is 0 Å². The summed E-state index contributed by atoms with van der Waals surface area (Å²) < 4.78 is 11.2. The molecule has 1 aromatic heterocycles. The van der Waals surface area contributed by atoms with Gasteiger partial charge in [0.1, 0.15) is 17.8 Å². The van der Waals surface area contributed by atoms with Crippen molar-refractivity contribution in [2.75, 3.05) is 56.7 Å². The summed E-state index contributed by atoms with van der Waals surface area (Å²) in [6.45, 7) is 13.7. The number of ether oxygens (including phenoxy) is 2. The summed E-state index contributed by atoms with van der Waals surface area (Å²) in [7, 11) is 3.39. The van der Waals surface area contributed by atoms with Gasteiger partial charge in [0.05, 0.1) is 14.2 Å². The van der Waals surface area contributed by atoms with Crippen LogP contribution in [0.25, 0.3) is 0 Å². The topological polar surface area (TPSA) is 75.6 Å². The van der Waals surface area contributed by atoms with Crippen molar-refractivity contribution in [1.82, 2.24) is 20.3 Å². The van der Waals surface area contributed by atoms with Crippen LogP contribution in [-0.4, -0.2) is 67.9 Å². The molecule has 1 saturated heterocycles. The number of nitrogens with zero attached hydrogens (tertiary/aromatic N) is 5. The van der Waals surface area contributed by atoms with E-state index >= 15 is 0 Å². The van der Waals surface area contributed by atoms with Gasteiger partial charge in [-0.2, -0.15) is 4.98 Å². The summed E-state index contributed by atoms with van der Waals surface area (Å²) in [6.07, 6.45) is 7.29. The molecule has 0 radical (unpaired) electrons. The van der Waals surface area contributed by atoms with Crippen molar-refractivity contribution in [2.24, 2.45) is 0 Å². The fourth-order valence-corrected chi connectivity index (χ4v) is 5.12. The Kier molecular flexibility index (Phi) is 9.91. The fraction of sp³-hybridized carbons (Fsp3) is 0.387. The standard InChI is InChI=1S/C31H40N6O2/c1-6-14-36(15-7-2)30-33-22-34-31(35-30)37-16-12-25(13-17-37)32-21-29(28-11-9-8-10-23(28)3)24-18-26(38-4)20-27(19-24)39-5/h6-11,18-20,22,25,29,32H,1-2,12-17,21H2,3-5H3. The summed E-state index contributed by atoms with van der Waals surface area (Å²) in [5.41, 5.74) is 3.75. The molecular weight excluding hydrogens is 488 g/mol. The number of rotatable bonds is 13. The van der Waals surface area contributed by atoms with Crippen LogP contribution in [0.1, 0.15) is 35.4 Å². The molecule has 206 valence electrons. The number of aromatic nitrogens is 3. The Balaban J connectivity index is 1.44. The highest BCUT2D eigenvalue weighted by atomic mass is 16.5. The number of aryl methyl sites for hydroxylation is 1. The number of hydrogen-bond acceptors (Lipinski definition) is 8. The van der Waals surface area contributed by atoms with Gasteiger partial charge in [-0.05, 0) is 48.6 Å². The van der Waals surface area contributed by atoms with Crippen molar-refractivity contribution in [2.45, 2.75) is 31.7 Å². The van der Waals surface area contributed by atoms with E-state index in [1.165, 1.54) is 16.7 Å². The normalized spacial score (nSPS) is 14.5. The molecule has 8 heteroatoms. The molecule has 1 aliphatic heterocycles.